The van der Waals surface area contributed by atoms with Crippen molar-refractivity contribution < 1.29 is 14.2 Å². The molecule has 0 amide bonds. The molecule has 0 saturated carbocycles. The van der Waals surface area contributed by atoms with Crippen LogP contribution in [0.5, 0.6) is 17.2 Å². The molecule has 0 aliphatic heterocycles. The molecule has 0 saturated heterocycles. The zero-order valence-corrected chi connectivity index (χ0v) is 18.6. The molecule has 4 aromatic rings. The molecule has 5 nitrogen and oxygen atoms in total. The summed E-state index contributed by atoms with van der Waals surface area (Å²) < 4.78 is 19.6. The number of fused-ring (bicyclic) bond motifs is 1. The van der Waals surface area contributed by atoms with Crippen molar-refractivity contribution in [1.82, 2.24) is 4.57 Å². The molecular weight excluding hydrogens is 402 g/mol. The third kappa shape index (κ3) is 4.78. The van der Waals surface area contributed by atoms with Crippen molar-refractivity contribution in [3.63, 3.8) is 0 Å². The lowest BCUT2D eigenvalue weighted by Gasteiger charge is -2.19. The highest BCUT2D eigenvalue weighted by molar-refractivity contribution is 5.89. The molecule has 32 heavy (non-hydrogen) atoms. The molecule has 0 spiro atoms. The number of aromatic nitrogens is 1. The Bertz CT molecular complexity index is 1250. The lowest BCUT2D eigenvalue weighted by molar-refractivity contribution is 0.215. The fraction of sp³-hybridized carbons (Fsp3) is 0.222. The van der Waals surface area contributed by atoms with E-state index in [1.165, 1.54) is 0 Å². The average molecular weight is 430 g/mol. The summed E-state index contributed by atoms with van der Waals surface area (Å²) in [6.45, 7) is 4.58. The van der Waals surface area contributed by atoms with Crippen molar-refractivity contribution >= 4 is 10.9 Å². The Labute approximate surface area is 187 Å². The van der Waals surface area contributed by atoms with Crippen LogP contribution in [0.3, 0.4) is 0 Å². The summed E-state index contributed by atoms with van der Waals surface area (Å²) in [6, 6.07) is 25.5. The Morgan fingerprint density at radius 3 is 1.97 bits per heavy atom. The van der Waals surface area contributed by atoms with Gasteiger partial charge >= 0.3 is 0 Å². The van der Waals surface area contributed by atoms with Crippen molar-refractivity contribution in [3.05, 3.63) is 100 Å². The van der Waals surface area contributed by atoms with Crippen LogP contribution in [-0.4, -0.2) is 10.7 Å². The van der Waals surface area contributed by atoms with Gasteiger partial charge in [0.15, 0.2) is 5.75 Å². The van der Waals surface area contributed by atoms with Gasteiger partial charge in [-0.2, -0.15) is 0 Å². The first-order chi connectivity index (χ1) is 15.5. The summed E-state index contributed by atoms with van der Waals surface area (Å²) in [5, 5.41) is 0.797. The van der Waals surface area contributed by atoms with Crippen LogP contribution in [0.4, 0.5) is 0 Å². The van der Waals surface area contributed by atoms with E-state index in [1.54, 1.807) is 11.6 Å². The van der Waals surface area contributed by atoms with E-state index in [0.29, 0.717) is 24.7 Å². The SMILES string of the molecule is CC(C)Oc1c(OCc2ccccc2)c2ccc(OCc3ccccc3)cc2n(C)c1=O. The quantitative estimate of drug-likeness (QED) is 0.372. The summed E-state index contributed by atoms with van der Waals surface area (Å²) in [6.07, 6.45) is -0.160. The van der Waals surface area contributed by atoms with E-state index >= 15 is 0 Å². The largest absolute Gasteiger partial charge is 0.489 e. The minimum absolute atomic E-state index is 0.160. The lowest BCUT2D eigenvalue weighted by atomic mass is 10.1. The second-order valence-electron chi connectivity index (χ2n) is 7.92. The van der Waals surface area contributed by atoms with Gasteiger partial charge in [0.1, 0.15) is 19.0 Å². The average Bonchev–Trinajstić information content (AvgIpc) is 2.82. The minimum Gasteiger partial charge on any atom is -0.489 e. The van der Waals surface area contributed by atoms with Crippen LogP contribution < -0.4 is 19.8 Å². The van der Waals surface area contributed by atoms with Crippen molar-refractivity contribution in [2.45, 2.75) is 33.2 Å². The van der Waals surface area contributed by atoms with Gasteiger partial charge in [0, 0.05) is 18.5 Å². The molecule has 1 aromatic heterocycles. The predicted molar refractivity (Wildman–Crippen MR) is 127 cm³/mol. The Morgan fingerprint density at radius 2 is 1.38 bits per heavy atom. The van der Waals surface area contributed by atoms with Crippen molar-refractivity contribution in [3.8, 4) is 17.2 Å². The number of aryl methyl sites for hydroxylation is 1. The van der Waals surface area contributed by atoms with Gasteiger partial charge < -0.3 is 18.8 Å². The van der Waals surface area contributed by atoms with Crippen LogP contribution in [-0.2, 0) is 20.3 Å². The van der Waals surface area contributed by atoms with E-state index in [-0.39, 0.29) is 17.4 Å². The molecule has 0 radical (unpaired) electrons. The standard InChI is InChI=1S/C27H27NO4/c1-19(2)32-26-25(31-18-21-12-8-5-9-13-21)23-15-14-22(16-24(23)28(3)27(26)29)30-17-20-10-6-4-7-11-20/h4-16,19H,17-18H2,1-3H3. The third-order valence-electron chi connectivity index (χ3n) is 5.11. The molecule has 0 aliphatic rings. The number of hydrogen-bond donors (Lipinski definition) is 0. The summed E-state index contributed by atoms with van der Waals surface area (Å²) >= 11 is 0. The van der Waals surface area contributed by atoms with Gasteiger partial charge in [0.05, 0.1) is 11.6 Å². The van der Waals surface area contributed by atoms with Crippen molar-refractivity contribution in [2.24, 2.45) is 7.05 Å². The molecule has 0 atom stereocenters. The highest BCUT2D eigenvalue weighted by atomic mass is 16.5. The van der Waals surface area contributed by atoms with Gasteiger partial charge in [0.2, 0.25) is 5.75 Å². The summed E-state index contributed by atoms with van der Waals surface area (Å²) in [7, 11) is 1.74. The minimum atomic E-state index is -0.241. The van der Waals surface area contributed by atoms with Gasteiger partial charge in [-0.05, 0) is 37.1 Å². The maximum Gasteiger partial charge on any atom is 0.297 e. The Morgan fingerprint density at radius 1 is 0.781 bits per heavy atom. The molecule has 1 heterocycles. The number of benzene rings is 3. The summed E-state index contributed by atoms with van der Waals surface area (Å²) in [5.74, 6) is 1.36. The van der Waals surface area contributed by atoms with E-state index in [4.69, 9.17) is 14.2 Å². The van der Waals surface area contributed by atoms with Crippen LogP contribution in [0, 0.1) is 0 Å². The lowest BCUT2D eigenvalue weighted by Crippen LogP contribution is -2.23. The van der Waals surface area contributed by atoms with Gasteiger partial charge in [-0.1, -0.05) is 60.7 Å². The number of hydrogen-bond acceptors (Lipinski definition) is 4. The first kappa shape index (κ1) is 21.5. The second-order valence-corrected chi connectivity index (χ2v) is 7.92. The Balaban J connectivity index is 1.72. The molecule has 3 aromatic carbocycles. The van der Waals surface area contributed by atoms with Crippen LogP contribution in [0.2, 0.25) is 0 Å². The van der Waals surface area contributed by atoms with Gasteiger partial charge in [-0.3, -0.25) is 4.79 Å². The van der Waals surface area contributed by atoms with Crippen molar-refractivity contribution in [1.29, 1.82) is 0 Å². The number of ether oxygens (including phenoxy) is 3. The molecule has 0 unspecified atom stereocenters. The number of nitrogens with zero attached hydrogens (tertiary/aromatic N) is 1. The van der Waals surface area contributed by atoms with E-state index in [9.17, 15) is 4.79 Å². The second kappa shape index (κ2) is 9.60. The fourth-order valence-corrected chi connectivity index (χ4v) is 3.51. The van der Waals surface area contributed by atoms with E-state index in [2.05, 4.69) is 0 Å². The third-order valence-corrected chi connectivity index (χ3v) is 5.11. The molecule has 0 fully saturated rings. The first-order valence-electron chi connectivity index (χ1n) is 10.7. The maximum absolute atomic E-state index is 13.2. The topological polar surface area (TPSA) is 49.7 Å². The summed E-state index contributed by atoms with van der Waals surface area (Å²) in [5.41, 5.74) is 2.57. The maximum atomic E-state index is 13.2. The number of rotatable bonds is 8. The smallest absolute Gasteiger partial charge is 0.297 e. The molecular formula is C27H27NO4. The number of pyridine rings is 1. The van der Waals surface area contributed by atoms with Crippen LogP contribution in [0.25, 0.3) is 10.9 Å². The Hall–Kier alpha value is -3.73. The van der Waals surface area contributed by atoms with Crippen molar-refractivity contribution in [2.75, 3.05) is 0 Å². The normalized spacial score (nSPS) is 11.0. The van der Waals surface area contributed by atoms with Gasteiger partial charge in [0.25, 0.3) is 5.56 Å². The zero-order chi connectivity index (χ0) is 22.5. The highest BCUT2D eigenvalue weighted by Crippen LogP contribution is 2.35. The van der Waals surface area contributed by atoms with Crippen LogP contribution in [0.1, 0.15) is 25.0 Å². The van der Waals surface area contributed by atoms with E-state index in [0.717, 1.165) is 22.0 Å². The van der Waals surface area contributed by atoms with E-state index < -0.39 is 0 Å². The first-order valence-corrected chi connectivity index (χ1v) is 10.7. The molecule has 5 heteroatoms. The zero-order valence-electron chi connectivity index (χ0n) is 18.6. The van der Waals surface area contributed by atoms with Gasteiger partial charge in [-0.15, -0.1) is 0 Å². The van der Waals surface area contributed by atoms with Crippen LogP contribution in [0.15, 0.2) is 83.7 Å². The fourth-order valence-electron chi connectivity index (χ4n) is 3.51. The van der Waals surface area contributed by atoms with Gasteiger partial charge in [-0.25, -0.2) is 0 Å². The predicted octanol–water partition coefficient (Wildman–Crippen LogP) is 5.48. The van der Waals surface area contributed by atoms with Crippen LogP contribution >= 0.6 is 0 Å². The molecule has 0 N–H and O–H groups in total. The molecule has 0 bridgehead atoms. The molecule has 0 aliphatic carbocycles. The van der Waals surface area contributed by atoms with E-state index in [1.807, 2.05) is 92.7 Å². The molecule has 164 valence electrons. The monoisotopic (exact) mass is 429 g/mol. The Kier molecular flexibility index (Phi) is 6.45. The highest BCUT2D eigenvalue weighted by Gasteiger charge is 2.20. The molecule has 4 rings (SSSR count). The summed E-state index contributed by atoms with van der Waals surface area (Å²) in [4.78, 5) is 13.2.